The van der Waals surface area contributed by atoms with Crippen molar-refractivity contribution < 1.29 is 9.47 Å². The molecule has 1 aliphatic carbocycles. The van der Waals surface area contributed by atoms with Crippen LogP contribution in [0.15, 0.2) is 0 Å². The minimum atomic E-state index is -0.00463. The van der Waals surface area contributed by atoms with Crippen LogP contribution in [-0.4, -0.2) is 32.1 Å². The van der Waals surface area contributed by atoms with E-state index < -0.39 is 0 Å². The zero-order chi connectivity index (χ0) is 9.97. The molecule has 2 rings (SSSR count). The molecule has 0 amide bonds. The molecular formula is C11H21NO2. The Morgan fingerprint density at radius 3 is 2.21 bits per heavy atom. The van der Waals surface area contributed by atoms with Gasteiger partial charge in [-0.05, 0) is 24.7 Å². The normalized spacial score (nSPS) is 39.4. The molecule has 2 aliphatic rings. The molecule has 0 aromatic carbocycles. The maximum atomic E-state index is 5.40. The minimum absolute atomic E-state index is 0.00463. The molecule has 1 saturated heterocycles. The van der Waals surface area contributed by atoms with Gasteiger partial charge in [0.05, 0.1) is 13.2 Å². The molecule has 14 heavy (non-hydrogen) atoms. The molecular weight excluding hydrogens is 178 g/mol. The summed E-state index contributed by atoms with van der Waals surface area (Å²) in [5.74, 6) is 1.60. The Kier molecular flexibility index (Phi) is 3.42. The van der Waals surface area contributed by atoms with E-state index in [9.17, 15) is 0 Å². The van der Waals surface area contributed by atoms with Crippen LogP contribution < -0.4 is 5.32 Å². The first-order valence-electron chi connectivity index (χ1n) is 5.74. The van der Waals surface area contributed by atoms with E-state index in [2.05, 4.69) is 19.2 Å². The molecule has 82 valence electrons. The summed E-state index contributed by atoms with van der Waals surface area (Å²) in [5, 5.41) is 3.57. The van der Waals surface area contributed by atoms with Crippen molar-refractivity contribution in [3.8, 4) is 0 Å². The van der Waals surface area contributed by atoms with Gasteiger partial charge >= 0.3 is 0 Å². The van der Waals surface area contributed by atoms with Crippen LogP contribution in [0.2, 0.25) is 0 Å². The Morgan fingerprint density at radius 1 is 1.07 bits per heavy atom. The summed E-state index contributed by atoms with van der Waals surface area (Å²) >= 11 is 0. The van der Waals surface area contributed by atoms with Gasteiger partial charge < -0.3 is 14.8 Å². The van der Waals surface area contributed by atoms with Gasteiger partial charge in [0, 0.05) is 12.6 Å². The molecule has 2 fully saturated rings. The molecule has 2 unspecified atom stereocenters. The maximum absolute atomic E-state index is 5.40. The Hall–Kier alpha value is -0.120. The summed E-state index contributed by atoms with van der Waals surface area (Å²) in [4.78, 5) is 0. The lowest BCUT2D eigenvalue weighted by Gasteiger charge is -2.23. The summed E-state index contributed by atoms with van der Waals surface area (Å²) in [5.41, 5.74) is 0. The zero-order valence-electron chi connectivity index (χ0n) is 9.16. The second kappa shape index (κ2) is 4.60. The minimum Gasteiger partial charge on any atom is -0.349 e. The lowest BCUT2D eigenvalue weighted by atomic mass is 10.0. The summed E-state index contributed by atoms with van der Waals surface area (Å²) in [7, 11) is 0. The second-order valence-electron chi connectivity index (χ2n) is 4.64. The Bertz CT molecular complexity index is 170. The molecule has 0 radical (unpaired) electrons. The van der Waals surface area contributed by atoms with Crippen molar-refractivity contribution >= 4 is 0 Å². The molecule has 3 heteroatoms. The van der Waals surface area contributed by atoms with Gasteiger partial charge in [-0.25, -0.2) is 0 Å². The fraction of sp³-hybridized carbons (Fsp3) is 1.00. The Labute approximate surface area is 86.2 Å². The van der Waals surface area contributed by atoms with Crippen molar-refractivity contribution in [2.45, 2.75) is 39.0 Å². The first kappa shape index (κ1) is 10.4. The van der Waals surface area contributed by atoms with Gasteiger partial charge in [0.25, 0.3) is 0 Å². The molecule has 1 saturated carbocycles. The largest absolute Gasteiger partial charge is 0.349 e. The number of hydrogen-bond donors (Lipinski definition) is 1. The van der Waals surface area contributed by atoms with Crippen LogP contribution in [0, 0.1) is 11.8 Å². The van der Waals surface area contributed by atoms with E-state index in [1.165, 1.54) is 12.8 Å². The third-order valence-corrected chi connectivity index (χ3v) is 3.51. The molecule has 0 spiro atoms. The van der Waals surface area contributed by atoms with E-state index >= 15 is 0 Å². The monoisotopic (exact) mass is 199 g/mol. The van der Waals surface area contributed by atoms with E-state index in [0.717, 1.165) is 31.6 Å². The number of ether oxygens (including phenoxy) is 2. The third kappa shape index (κ3) is 2.27. The van der Waals surface area contributed by atoms with Crippen molar-refractivity contribution in [1.29, 1.82) is 0 Å². The maximum Gasteiger partial charge on any atom is 0.170 e. The zero-order valence-corrected chi connectivity index (χ0v) is 9.16. The van der Waals surface area contributed by atoms with Gasteiger partial charge in [0.1, 0.15) is 0 Å². The lowest BCUT2D eigenvalue weighted by molar-refractivity contribution is -0.0417. The topological polar surface area (TPSA) is 30.5 Å². The van der Waals surface area contributed by atoms with E-state index in [4.69, 9.17) is 9.47 Å². The van der Waals surface area contributed by atoms with E-state index in [1.54, 1.807) is 0 Å². The van der Waals surface area contributed by atoms with Crippen molar-refractivity contribution in [2.24, 2.45) is 11.8 Å². The Balaban J connectivity index is 1.73. The van der Waals surface area contributed by atoms with Crippen molar-refractivity contribution in [1.82, 2.24) is 5.32 Å². The smallest absolute Gasteiger partial charge is 0.170 e. The first-order chi connectivity index (χ1) is 6.77. The van der Waals surface area contributed by atoms with Gasteiger partial charge in [-0.1, -0.05) is 13.8 Å². The van der Waals surface area contributed by atoms with Gasteiger partial charge in [0.15, 0.2) is 6.29 Å². The van der Waals surface area contributed by atoms with Crippen LogP contribution in [0.3, 0.4) is 0 Å². The van der Waals surface area contributed by atoms with Crippen molar-refractivity contribution in [3.63, 3.8) is 0 Å². The molecule has 0 aromatic heterocycles. The van der Waals surface area contributed by atoms with Gasteiger partial charge in [0.2, 0.25) is 0 Å². The van der Waals surface area contributed by atoms with E-state index in [0.29, 0.717) is 6.04 Å². The average Bonchev–Trinajstić information content (AvgIpc) is 2.76. The molecule has 3 nitrogen and oxygen atoms in total. The number of nitrogens with one attached hydrogen (secondary N) is 1. The highest BCUT2D eigenvalue weighted by molar-refractivity contribution is 4.85. The van der Waals surface area contributed by atoms with Crippen LogP contribution in [0.25, 0.3) is 0 Å². The summed E-state index contributed by atoms with van der Waals surface area (Å²) in [6, 6.07) is 0.655. The fourth-order valence-corrected chi connectivity index (χ4v) is 2.61. The van der Waals surface area contributed by atoms with Crippen LogP contribution in [0.4, 0.5) is 0 Å². The van der Waals surface area contributed by atoms with Gasteiger partial charge in [-0.3, -0.25) is 0 Å². The predicted molar refractivity (Wildman–Crippen MR) is 55.0 cm³/mol. The van der Waals surface area contributed by atoms with Gasteiger partial charge in [-0.2, -0.15) is 0 Å². The summed E-state index contributed by atoms with van der Waals surface area (Å²) < 4.78 is 10.8. The lowest BCUT2D eigenvalue weighted by Crippen LogP contribution is -2.40. The van der Waals surface area contributed by atoms with E-state index in [-0.39, 0.29) is 6.29 Å². The molecule has 1 aliphatic heterocycles. The molecule has 0 aromatic rings. The molecule has 0 bridgehead atoms. The SMILES string of the molecule is CC1CCC(C)C1NCC1OCCO1. The molecule has 2 atom stereocenters. The predicted octanol–water partition coefficient (Wildman–Crippen LogP) is 1.38. The average molecular weight is 199 g/mol. The highest BCUT2D eigenvalue weighted by atomic mass is 16.7. The van der Waals surface area contributed by atoms with Crippen LogP contribution in [0.1, 0.15) is 26.7 Å². The molecule has 1 heterocycles. The highest BCUT2D eigenvalue weighted by Crippen LogP contribution is 2.30. The summed E-state index contributed by atoms with van der Waals surface area (Å²) in [6.07, 6.45) is 2.70. The molecule has 1 N–H and O–H groups in total. The van der Waals surface area contributed by atoms with Crippen LogP contribution in [-0.2, 0) is 9.47 Å². The van der Waals surface area contributed by atoms with Crippen LogP contribution >= 0.6 is 0 Å². The van der Waals surface area contributed by atoms with Gasteiger partial charge in [-0.15, -0.1) is 0 Å². The summed E-state index contributed by atoms with van der Waals surface area (Å²) in [6.45, 7) is 7.01. The van der Waals surface area contributed by atoms with Crippen molar-refractivity contribution in [2.75, 3.05) is 19.8 Å². The quantitative estimate of drug-likeness (QED) is 0.745. The number of hydrogen-bond acceptors (Lipinski definition) is 3. The fourth-order valence-electron chi connectivity index (χ4n) is 2.61. The van der Waals surface area contributed by atoms with E-state index in [1.807, 2.05) is 0 Å². The second-order valence-corrected chi connectivity index (χ2v) is 4.64. The standard InChI is InChI=1S/C11H21NO2/c1-8-3-4-9(2)11(8)12-7-10-13-5-6-14-10/h8-12H,3-7H2,1-2H3. The van der Waals surface area contributed by atoms with Crippen molar-refractivity contribution in [3.05, 3.63) is 0 Å². The Morgan fingerprint density at radius 2 is 1.64 bits per heavy atom. The number of rotatable bonds is 3. The third-order valence-electron chi connectivity index (χ3n) is 3.51. The first-order valence-corrected chi connectivity index (χ1v) is 5.74. The van der Waals surface area contributed by atoms with Crippen LogP contribution in [0.5, 0.6) is 0 Å². The highest BCUT2D eigenvalue weighted by Gasteiger charge is 2.30.